The first-order valence-corrected chi connectivity index (χ1v) is 5.56. The summed E-state index contributed by atoms with van der Waals surface area (Å²) in [4.78, 5) is 11.1. The lowest BCUT2D eigenvalue weighted by Gasteiger charge is -1.99. The Labute approximate surface area is 68.1 Å². The van der Waals surface area contributed by atoms with Crippen molar-refractivity contribution in [2.45, 2.75) is 6.55 Å². The number of hydrogen-bond donors (Lipinski definition) is 0. The summed E-state index contributed by atoms with van der Waals surface area (Å²) in [5, 5.41) is 0. The van der Waals surface area contributed by atoms with Gasteiger partial charge in [0.2, 0.25) is 9.76 Å². The molecule has 1 rings (SSSR count). The third kappa shape index (κ3) is 2.20. The van der Waals surface area contributed by atoms with Crippen LogP contribution in [0.4, 0.5) is 0 Å². The fourth-order valence-corrected chi connectivity index (χ4v) is 1.22. The molecular weight excluding hydrogens is 156 g/mol. The van der Waals surface area contributed by atoms with Crippen LogP contribution < -0.4 is 0 Å². The van der Waals surface area contributed by atoms with Crippen LogP contribution in [0.15, 0.2) is 30.3 Å². The van der Waals surface area contributed by atoms with Gasteiger partial charge in [0.05, 0.1) is 5.56 Å². The third-order valence-electron chi connectivity index (χ3n) is 1.28. The van der Waals surface area contributed by atoms with Crippen LogP contribution in [0.3, 0.4) is 0 Å². The van der Waals surface area contributed by atoms with E-state index in [2.05, 4.69) is 0 Å². The van der Waals surface area contributed by atoms with Gasteiger partial charge in [-0.3, -0.25) is 0 Å². The molecule has 0 radical (unpaired) electrons. The van der Waals surface area contributed by atoms with Crippen LogP contribution in [0.25, 0.3) is 0 Å². The minimum Gasteiger partial charge on any atom is -0.522 e. The Balaban J connectivity index is 2.69. The lowest BCUT2D eigenvalue weighted by molar-refractivity contribution is 0.0743. The molecule has 0 aliphatic rings. The molecule has 1 aromatic carbocycles. The zero-order chi connectivity index (χ0) is 8.10. The zero-order valence-corrected chi connectivity index (χ0v) is 7.82. The van der Waals surface area contributed by atoms with Crippen LogP contribution in [-0.2, 0) is 4.43 Å². The molecule has 0 saturated carbocycles. The first-order chi connectivity index (χ1) is 5.34. The number of benzene rings is 1. The monoisotopic (exact) mass is 166 g/mol. The van der Waals surface area contributed by atoms with Crippen molar-refractivity contribution in [3.05, 3.63) is 35.9 Å². The van der Waals surface area contributed by atoms with Crippen molar-refractivity contribution in [2.75, 3.05) is 0 Å². The van der Waals surface area contributed by atoms with Crippen LogP contribution in [0.5, 0.6) is 0 Å². The highest BCUT2D eigenvalue weighted by atomic mass is 28.2. The van der Waals surface area contributed by atoms with Crippen LogP contribution in [0.1, 0.15) is 10.4 Å². The van der Waals surface area contributed by atoms with Crippen molar-refractivity contribution >= 4 is 15.7 Å². The third-order valence-corrected chi connectivity index (χ3v) is 1.84. The molecule has 0 bridgehead atoms. The topological polar surface area (TPSA) is 26.3 Å². The van der Waals surface area contributed by atoms with Gasteiger partial charge in [0.25, 0.3) is 0 Å². The quantitative estimate of drug-likeness (QED) is 0.612. The maximum absolute atomic E-state index is 11.1. The predicted molar refractivity (Wildman–Crippen MR) is 46.3 cm³/mol. The first-order valence-electron chi connectivity index (χ1n) is 3.56. The van der Waals surface area contributed by atoms with E-state index in [0.717, 1.165) is 0 Å². The molecule has 3 heteroatoms. The Morgan fingerprint density at radius 3 is 2.55 bits per heavy atom. The van der Waals surface area contributed by atoms with Crippen LogP contribution in [0, 0.1) is 0 Å². The van der Waals surface area contributed by atoms with Gasteiger partial charge in [0.1, 0.15) is 0 Å². The van der Waals surface area contributed by atoms with E-state index >= 15 is 0 Å². The molecule has 0 aliphatic carbocycles. The Morgan fingerprint density at radius 2 is 2.00 bits per heavy atom. The van der Waals surface area contributed by atoms with Gasteiger partial charge in [-0.2, -0.15) is 0 Å². The molecule has 0 saturated heterocycles. The maximum Gasteiger partial charge on any atom is 0.324 e. The van der Waals surface area contributed by atoms with Crippen molar-refractivity contribution in [3.63, 3.8) is 0 Å². The summed E-state index contributed by atoms with van der Waals surface area (Å²) in [5.41, 5.74) is 0.641. The molecule has 1 aromatic rings. The second-order valence-corrected chi connectivity index (χ2v) is 2.95. The Bertz CT molecular complexity index is 233. The number of hydrogen-bond acceptors (Lipinski definition) is 2. The van der Waals surface area contributed by atoms with Crippen molar-refractivity contribution in [1.29, 1.82) is 0 Å². The van der Waals surface area contributed by atoms with Crippen LogP contribution in [0.2, 0.25) is 6.55 Å². The van der Waals surface area contributed by atoms with Gasteiger partial charge in [0, 0.05) is 0 Å². The average molecular weight is 166 g/mol. The molecule has 0 N–H and O–H groups in total. The lowest BCUT2D eigenvalue weighted by atomic mass is 10.2. The van der Waals surface area contributed by atoms with E-state index in [1.54, 1.807) is 12.1 Å². The second kappa shape index (κ2) is 3.93. The van der Waals surface area contributed by atoms with Gasteiger partial charge >= 0.3 is 5.97 Å². The van der Waals surface area contributed by atoms with Gasteiger partial charge in [-0.15, -0.1) is 0 Å². The van der Waals surface area contributed by atoms with Gasteiger partial charge in [-0.25, -0.2) is 4.79 Å². The Hall–Kier alpha value is -1.09. The maximum atomic E-state index is 11.1. The fraction of sp³-hybridized carbons (Fsp3) is 0.125. The smallest absolute Gasteiger partial charge is 0.324 e. The van der Waals surface area contributed by atoms with E-state index in [4.69, 9.17) is 4.43 Å². The molecule has 58 valence electrons. The fourth-order valence-electron chi connectivity index (χ4n) is 0.789. The molecule has 0 fully saturated rings. The highest BCUT2D eigenvalue weighted by molar-refractivity contribution is 6.29. The van der Waals surface area contributed by atoms with Crippen LogP contribution in [-0.4, -0.2) is 15.7 Å². The Kier molecular flexibility index (Phi) is 2.86. The van der Waals surface area contributed by atoms with E-state index in [-0.39, 0.29) is 5.97 Å². The summed E-state index contributed by atoms with van der Waals surface area (Å²) < 4.78 is 4.93. The Morgan fingerprint density at radius 1 is 1.36 bits per heavy atom. The molecule has 11 heavy (non-hydrogen) atoms. The van der Waals surface area contributed by atoms with Crippen molar-refractivity contribution < 1.29 is 9.22 Å². The minimum atomic E-state index is -0.627. The lowest BCUT2D eigenvalue weighted by Crippen LogP contribution is -2.05. The second-order valence-electron chi connectivity index (χ2n) is 2.09. The molecule has 0 aliphatic heterocycles. The van der Waals surface area contributed by atoms with E-state index in [1.165, 1.54) is 0 Å². The minimum absolute atomic E-state index is 0.195. The highest BCUT2D eigenvalue weighted by Gasteiger charge is 2.02. The van der Waals surface area contributed by atoms with E-state index < -0.39 is 9.76 Å². The molecule has 0 amide bonds. The van der Waals surface area contributed by atoms with Crippen LogP contribution >= 0.6 is 0 Å². The van der Waals surface area contributed by atoms with Gasteiger partial charge in [-0.05, 0) is 18.7 Å². The summed E-state index contributed by atoms with van der Waals surface area (Å²) in [6.07, 6.45) is 0. The van der Waals surface area contributed by atoms with E-state index in [9.17, 15) is 4.79 Å². The summed E-state index contributed by atoms with van der Waals surface area (Å²) in [6.45, 7) is 1.93. The van der Waals surface area contributed by atoms with Gasteiger partial charge in [-0.1, -0.05) is 18.2 Å². The molecule has 0 aromatic heterocycles. The van der Waals surface area contributed by atoms with Crippen molar-refractivity contribution in [3.8, 4) is 0 Å². The molecule has 0 spiro atoms. The van der Waals surface area contributed by atoms with Gasteiger partial charge in [0.15, 0.2) is 0 Å². The van der Waals surface area contributed by atoms with Crippen molar-refractivity contribution in [1.82, 2.24) is 0 Å². The normalized spacial score (nSPS) is 10.3. The molecular formula is C8H10O2Si. The average Bonchev–Trinajstić information content (AvgIpc) is 2.07. The van der Waals surface area contributed by atoms with Gasteiger partial charge < -0.3 is 4.43 Å². The number of carbonyl (C=O) groups excluding carboxylic acids is 1. The highest BCUT2D eigenvalue weighted by Crippen LogP contribution is 1.99. The summed E-state index contributed by atoms with van der Waals surface area (Å²) in [5.74, 6) is -0.195. The largest absolute Gasteiger partial charge is 0.522 e. The molecule has 0 unspecified atom stereocenters. The summed E-state index contributed by atoms with van der Waals surface area (Å²) in [7, 11) is -0.627. The zero-order valence-electron chi connectivity index (χ0n) is 6.41. The standard InChI is InChI=1S/C8H10O2Si/c1-11-10-8(9)7-5-3-2-4-6-7/h2-6H,11H2,1H3. The SMILES string of the molecule is C[SiH2]OC(=O)c1ccccc1. The van der Waals surface area contributed by atoms with E-state index in [0.29, 0.717) is 5.56 Å². The molecule has 2 nitrogen and oxygen atoms in total. The van der Waals surface area contributed by atoms with E-state index in [1.807, 2.05) is 24.7 Å². The predicted octanol–water partition coefficient (Wildman–Crippen LogP) is 0.975. The number of carbonyl (C=O) groups is 1. The summed E-state index contributed by atoms with van der Waals surface area (Å²) in [6, 6.07) is 9.04. The first kappa shape index (κ1) is 8.01. The summed E-state index contributed by atoms with van der Waals surface area (Å²) >= 11 is 0. The number of rotatable bonds is 2. The van der Waals surface area contributed by atoms with Crippen molar-refractivity contribution in [2.24, 2.45) is 0 Å². The molecule has 0 heterocycles. The molecule has 0 atom stereocenters.